The lowest BCUT2D eigenvalue weighted by Gasteiger charge is -1.94. The Labute approximate surface area is 60.9 Å². The summed E-state index contributed by atoms with van der Waals surface area (Å²) in [6.07, 6.45) is 2.76. The van der Waals surface area contributed by atoms with Gasteiger partial charge >= 0.3 is 5.97 Å². The van der Waals surface area contributed by atoms with Gasteiger partial charge in [0.25, 0.3) is 0 Å². The van der Waals surface area contributed by atoms with E-state index in [9.17, 15) is 4.79 Å². The van der Waals surface area contributed by atoms with Crippen LogP contribution in [0.2, 0.25) is 0 Å². The molecule has 0 unspecified atom stereocenters. The Morgan fingerprint density at radius 2 is 2.30 bits per heavy atom. The molecule has 0 saturated carbocycles. The minimum absolute atomic E-state index is 0.131. The Kier molecular flexibility index (Phi) is 2.10. The van der Waals surface area contributed by atoms with Gasteiger partial charge < -0.3 is 4.74 Å². The molecule has 56 valence electrons. The van der Waals surface area contributed by atoms with E-state index in [1.54, 1.807) is 0 Å². The topological polar surface area (TPSA) is 26.3 Å². The fraction of sp³-hybridized carbons (Fsp3) is 0.625. The number of carbonyl (C=O) groups is 1. The summed E-state index contributed by atoms with van der Waals surface area (Å²) in [7, 11) is 0. The Morgan fingerprint density at radius 1 is 1.60 bits per heavy atom. The summed E-state index contributed by atoms with van der Waals surface area (Å²) in [6, 6.07) is 0. The second kappa shape index (κ2) is 2.86. The highest BCUT2D eigenvalue weighted by atomic mass is 16.5. The maximum Gasteiger partial charge on any atom is 0.333 e. The average molecular weight is 140 g/mol. The molecule has 1 aliphatic rings. The van der Waals surface area contributed by atoms with Crippen molar-refractivity contribution in [2.75, 3.05) is 6.61 Å². The molecule has 1 rings (SSSR count). The lowest BCUT2D eigenvalue weighted by Crippen LogP contribution is -1.96. The Morgan fingerprint density at radius 3 is 2.70 bits per heavy atom. The predicted octanol–water partition coefficient (Wildman–Crippen LogP) is 1.52. The van der Waals surface area contributed by atoms with E-state index in [2.05, 4.69) is 13.8 Å². The van der Waals surface area contributed by atoms with E-state index in [0.29, 0.717) is 12.5 Å². The summed E-state index contributed by atoms with van der Waals surface area (Å²) in [5.41, 5.74) is 0.843. The largest absolute Gasteiger partial charge is 0.462 e. The molecule has 2 heteroatoms. The minimum Gasteiger partial charge on any atom is -0.462 e. The summed E-state index contributed by atoms with van der Waals surface area (Å²) in [4.78, 5) is 10.8. The van der Waals surface area contributed by atoms with Gasteiger partial charge in [-0.1, -0.05) is 19.9 Å². The molecule has 0 N–H and O–H groups in total. The van der Waals surface area contributed by atoms with Crippen LogP contribution in [0.4, 0.5) is 0 Å². The van der Waals surface area contributed by atoms with Gasteiger partial charge in [-0.2, -0.15) is 0 Å². The number of carbonyl (C=O) groups excluding carboxylic acids is 1. The predicted molar refractivity (Wildman–Crippen MR) is 38.5 cm³/mol. The quantitative estimate of drug-likeness (QED) is 0.407. The standard InChI is InChI=1S/C8H12O2/c1-6(2)5-7-3-4-10-8(7)9/h5-6H,3-4H2,1-2H3. The molecule has 1 fully saturated rings. The first kappa shape index (κ1) is 7.32. The molecule has 1 aliphatic heterocycles. The first-order valence-corrected chi connectivity index (χ1v) is 3.58. The fourth-order valence-electron chi connectivity index (χ4n) is 1.00. The van der Waals surface area contributed by atoms with Crippen LogP contribution in [0.3, 0.4) is 0 Å². The van der Waals surface area contributed by atoms with Gasteiger partial charge in [-0.05, 0) is 5.92 Å². The van der Waals surface area contributed by atoms with Crippen LogP contribution in [0.5, 0.6) is 0 Å². The first-order valence-electron chi connectivity index (χ1n) is 3.58. The van der Waals surface area contributed by atoms with Gasteiger partial charge in [0.05, 0.1) is 6.61 Å². The third kappa shape index (κ3) is 1.59. The monoisotopic (exact) mass is 140 g/mol. The van der Waals surface area contributed by atoms with Gasteiger partial charge in [-0.25, -0.2) is 4.79 Å². The number of hydrogen-bond acceptors (Lipinski definition) is 2. The van der Waals surface area contributed by atoms with Crippen LogP contribution in [0.25, 0.3) is 0 Å². The molecule has 10 heavy (non-hydrogen) atoms. The van der Waals surface area contributed by atoms with E-state index >= 15 is 0 Å². The average Bonchev–Trinajstić information content (AvgIpc) is 2.15. The van der Waals surface area contributed by atoms with E-state index in [1.807, 2.05) is 6.08 Å². The molecule has 0 amide bonds. The van der Waals surface area contributed by atoms with Crippen LogP contribution in [-0.4, -0.2) is 12.6 Å². The molecule has 0 aromatic carbocycles. The molecular formula is C8H12O2. The summed E-state index contributed by atoms with van der Waals surface area (Å²) >= 11 is 0. The van der Waals surface area contributed by atoms with Crippen molar-refractivity contribution in [2.45, 2.75) is 20.3 Å². The lowest BCUT2D eigenvalue weighted by molar-refractivity contribution is -0.135. The zero-order valence-electron chi connectivity index (χ0n) is 6.39. The maximum absolute atomic E-state index is 10.8. The Bertz CT molecular complexity index is 168. The zero-order valence-corrected chi connectivity index (χ0v) is 6.39. The molecular weight excluding hydrogens is 128 g/mol. The smallest absolute Gasteiger partial charge is 0.333 e. The van der Waals surface area contributed by atoms with Gasteiger partial charge in [-0.15, -0.1) is 0 Å². The Balaban J connectivity index is 2.62. The van der Waals surface area contributed by atoms with Crippen molar-refractivity contribution < 1.29 is 9.53 Å². The highest BCUT2D eigenvalue weighted by molar-refractivity contribution is 5.90. The number of allylic oxidation sites excluding steroid dienone is 1. The maximum atomic E-state index is 10.8. The van der Waals surface area contributed by atoms with Crippen molar-refractivity contribution in [1.29, 1.82) is 0 Å². The number of esters is 1. The van der Waals surface area contributed by atoms with Crippen molar-refractivity contribution in [2.24, 2.45) is 5.92 Å². The van der Waals surface area contributed by atoms with E-state index in [-0.39, 0.29) is 5.97 Å². The van der Waals surface area contributed by atoms with Gasteiger partial charge in [0.2, 0.25) is 0 Å². The van der Waals surface area contributed by atoms with E-state index in [1.165, 1.54) is 0 Å². The lowest BCUT2D eigenvalue weighted by atomic mass is 10.1. The van der Waals surface area contributed by atoms with Crippen LogP contribution >= 0.6 is 0 Å². The van der Waals surface area contributed by atoms with Gasteiger partial charge in [0, 0.05) is 12.0 Å². The normalized spacial score (nSPS) is 22.3. The third-order valence-corrected chi connectivity index (χ3v) is 1.40. The summed E-state index contributed by atoms with van der Waals surface area (Å²) in [5.74, 6) is 0.314. The second-order valence-corrected chi connectivity index (χ2v) is 2.82. The first-order chi connectivity index (χ1) is 4.70. The molecule has 1 saturated heterocycles. The molecule has 0 aromatic heterocycles. The number of hydrogen-bond donors (Lipinski definition) is 0. The number of ether oxygens (including phenoxy) is 1. The van der Waals surface area contributed by atoms with Crippen LogP contribution in [-0.2, 0) is 9.53 Å². The second-order valence-electron chi connectivity index (χ2n) is 2.82. The number of cyclic esters (lactones) is 1. The van der Waals surface area contributed by atoms with Gasteiger partial charge in [0.1, 0.15) is 0 Å². The van der Waals surface area contributed by atoms with E-state index in [0.717, 1.165) is 12.0 Å². The number of rotatable bonds is 1. The zero-order chi connectivity index (χ0) is 7.56. The minimum atomic E-state index is -0.131. The van der Waals surface area contributed by atoms with Crippen LogP contribution in [0, 0.1) is 5.92 Å². The molecule has 0 spiro atoms. The molecule has 0 aliphatic carbocycles. The van der Waals surface area contributed by atoms with Crippen molar-refractivity contribution in [3.8, 4) is 0 Å². The summed E-state index contributed by atoms with van der Waals surface area (Å²) in [5, 5.41) is 0. The van der Waals surface area contributed by atoms with Crippen molar-refractivity contribution in [3.05, 3.63) is 11.6 Å². The Hall–Kier alpha value is -0.790. The van der Waals surface area contributed by atoms with Crippen LogP contribution < -0.4 is 0 Å². The molecule has 1 heterocycles. The highest BCUT2D eigenvalue weighted by Crippen LogP contribution is 2.14. The SMILES string of the molecule is CC(C)C=C1CCOC1=O. The van der Waals surface area contributed by atoms with Crippen LogP contribution in [0.15, 0.2) is 11.6 Å². The summed E-state index contributed by atoms with van der Waals surface area (Å²) in [6.45, 7) is 4.68. The van der Waals surface area contributed by atoms with Gasteiger partial charge in [0.15, 0.2) is 0 Å². The van der Waals surface area contributed by atoms with Crippen LogP contribution in [0.1, 0.15) is 20.3 Å². The fourth-order valence-corrected chi connectivity index (χ4v) is 1.00. The third-order valence-electron chi connectivity index (χ3n) is 1.40. The molecule has 0 aromatic rings. The van der Waals surface area contributed by atoms with Gasteiger partial charge in [-0.3, -0.25) is 0 Å². The van der Waals surface area contributed by atoms with E-state index < -0.39 is 0 Å². The van der Waals surface area contributed by atoms with Crippen molar-refractivity contribution >= 4 is 5.97 Å². The van der Waals surface area contributed by atoms with E-state index in [4.69, 9.17) is 4.74 Å². The summed E-state index contributed by atoms with van der Waals surface area (Å²) < 4.78 is 4.76. The molecule has 0 radical (unpaired) electrons. The van der Waals surface area contributed by atoms with Crippen molar-refractivity contribution in [3.63, 3.8) is 0 Å². The highest BCUT2D eigenvalue weighted by Gasteiger charge is 2.17. The molecule has 0 atom stereocenters. The van der Waals surface area contributed by atoms with Crippen molar-refractivity contribution in [1.82, 2.24) is 0 Å². The molecule has 0 bridgehead atoms. The molecule has 2 nitrogen and oxygen atoms in total.